The van der Waals surface area contributed by atoms with Crippen LogP contribution in [0.2, 0.25) is 0 Å². The van der Waals surface area contributed by atoms with Crippen LogP contribution in [0.4, 0.5) is 5.69 Å². The van der Waals surface area contributed by atoms with E-state index < -0.39 is 10.0 Å². The van der Waals surface area contributed by atoms with Crippen LogP contribution in [0.3, 0.4) is 0 Å². The van der Waals surface area contributed by atoms with Gasteiger partial charge in [0.2, 0.25) is 0 Å². The van der Waals surface area contributed by atoms with E-state index in [2.05, 4.69) is 25.8 Å². The maximum Gasteiger partial charge on any atom is 0.263 e. The SMILES string of the molecule is Cc1sc(Br)cc1S(=O)(=O)Nc1cccc(/C(N)=N/O)c1. The molecule has 21 heavy (non-hydrogen) atoms. The van der Waals surface area contributed by atoms with Crippen LogP contribution in [-0.2, 0) is 10.0 Å². The maximum atomic E-state index is 12.4. The van der Waals surface area contributed by atoms with Gasteiger partial charge in [0.15, 0.2) is 5.84 Å². The monoisotopic (exact) mass is 389 g/mol. The summed E-state index contributed by atoms with van der Waals surface area (Å²) in [7, 11) is -3.69. The molecule has 0 saturated heterocycles. The van der Waals surface area contributed by atoms with Crippen LogP contribution in [0.25, 0.3) is 0 Å². The van der Waals surface area contributed by atoms with Gasteiger partial charge in [-0.15, -0.1) is 11.3 Å². The Labute approximate surface area is 134 Å². The van der Waals surface area contributed by atoms with E-state index in [-0.39, 0.29) is 10.7 Å². The van der Waals surface area contributed by atoms with Crippen molar-refractivity contribution in [2.75, 3.05) is 4.72 Å². The molecule has 2 rings (SSSR count). The molecule has 1 aromatic carbocycles. The Morgan fingerprint density at radius 2 is 2.14 bits per heavy atom. The van der Waals surface area contributed by atoms with Gasteiger partial charge in [-0.2, -0.15) is 0 Å². The van der Waals surface area contributed by atoms with Crippen molar-refractivity contribution in [3.8, 4) is 0 Å². The molecule has 1 aromatic heterocycles. The number of hydrogen-bond donors (Lipinski definition) is 3. The molecule has 0 atom stereocenters. The smallest absolute Gasteiger partial charge is 0.263 e. The quantitative estimate of drug-likeness (QED) is 0.323. The van der Waals surface area contributed by atoms with Crippen LogP contribution >= 0.6 is 27.3 Å². The first kappa shape index (κ1) is 15.8. The van der Waals surface area contributed by atoms with Gasteiger partial charge in [-0.05, 0) is 41.1 Å². The minimum atomic E-state index is -3.69. The van der Waals surface area contributed by atoms with Gasteiger partial charge < -0.3 is 10.9 Å². The predicted molar refractivity (Wildman–Crippen MR) is 86.5 cm³/mol. The molecule has 0 unspecified atom stereocenters. The lowest BCUT2D eigenvalue weighted by Gasteiger charge is -2.08. The summed E-state index contributed by atoms with van der Waals surface area (Å²) in [6.45, 7) is 1.73. The van der Waals surface area contributed by atoms with E-state index >= 15 is 0 Å². The Bertz CT molecular complexity index is 800. The highest BCUT2D eigenvalue weighted by Gasteiger charge is 2.19. The Hall–Kier alpha value is -1.58. The van der Waals surface area contributed by atoms with E-state index in [9.17, 15) is 8.42 Å². The third-order valence-corrected chi connectivity index (χ3v) is 5.84. The van der Waals surface area contributed by atoms with E-state index in [1.165, 1.54) is 17.4 Å². The van der Waals surface area contributed by atoms with Crippen LogP contribution < -0.4 is 10.5 Å². The van der Waals surface area contributed by atoms with Crippen molar-refractivity contribution in [2.24, 2.45) is 10.9 Å². The molecular weight excluding hydrogens is 378 g/mol. The zero-order valence-corrected chi connectivity index (χ0v) is 14.1. The largest absolute Gasteiger partial charge is 0.409 e. The molecule has 1 heterocycles. The number of benzene rings is 1. The van der Waals surface area contributed by atoms with Crippen LogP contribution in [0.5, 0.6) is 0 Å². The first-order chi connectivity index (χ1) is 9.83. The molecule has 0 spiro atoms. The van der Waals surface area contributed by atoms with E-state index in [0.717, 1.165) is 3.79 Å². The number of nitrogens with one attached hydrogen (secondary N) is 1. The lowest BCUT2D eigenvalue weighted by atomic mass is 10.2. The molecule has 0 aliphatic rings. The third-order valence-electron chi connectivity index (χ3n) is 2.65. The number of halogens is 1. The average Bonchev–Trinajstić information content (AvgIpc) is 2.77. The lowest BCUT2D eigenvalue weighted by Crippen LogP contribution is -2.16. The number of sulfonamides is 1. The van der Waals surface area contributed by atoms with E-state index in [1.54, 1.807) is 31.2 Å². The van der Waals surface area contributed by atoms with Crippen molar-refractivity contribution >= 4 is 48.8 Å². The Balaban J connectivity index is 2.35. The molecule has 0 fully saturated rings. The molecule has 112 valence electrons. The Kier molecular flexibility index (Phi) is 4.55. The highest BCUT2D eigenvalue weighted by Crippen LogP contribution is 2.30. The molecule has 2 aromatic rings. The van der Waals surface area contributed by atoms with Gasteiger partial charge in [0.1, 0.15) is 4.90 Å². The van der Waals surface area contributed by atoms with Gasteiger partial charge in [-0.3, -0.25) is 4.72 Å². The zero-order chi connectivity index (χ0) is 15.6. The summed E-state index contributed by atoms with van der Waals surface area (Å²) < 4.78 is 27.9. The van der Waals surface area contributed by atoms with Crippen LogP contribution in [0.15, 0.2) is 44.2 Å². The number of anilines is 1. The van der Waals surface area contributed by atoms with Gasteiger partial charge in [0, 0.05) is 16.1 Å². The Morgan fingerprint density at radius 3 is 2.71 bits per heavy atom. The second kappa shape index (κ2) is 6.04. The number of oxime groups is 1. The number of thiophene rings is 1. The molecule has 6 nitrogen and oxygen atoms in total. The summed E-state index contributed by atoms with van der Waals surface area (Å²) in [6.07, 6.45) is 0. The number of amidine groups is 1. The van der Waals surface area contributed by atoms with Crippen LogP contribution in [-0.4, -0.2) is 19.5 Å². The summed E-state index contributed by atoms with van der Waals surface area (Å²) in [5.74, 6) is -0.0921. The summed E-state index contributed by atoms with van der Waals surface area (Å²) >= 11 is 4.61. The number of nitrogens with zero attached hydrogens (tertiary/aromatic N) is 1. The zero-order valence-electron chi connectivity index (χ0n) is 10.9. The summed E-state index contributed by atoms with van der Waals surface area (Å²) in [6, 6.07) is 7.85. The molecule has 0 radical (unpaired) electrons. The lowest BCUT2D eigenvalue weighted by molar-refractivity contribution is 0.318. The molecule has 9 heteroatoms. The molecule has 0 saturated carbocycles. The third kappa shape index (κ3) is 3.55. The molecule has 0 aliphatic heterocycles. The van der Waals surface area contributed by atoms with Crippen LogP contribution in [0.1, 0.15) is 10.4 Å². The molecular formula is C12H12BrN3O3S2. The van der Waals surface area contributed by atoms with Gasteiger partial charge in [-0.25, -0.2) is 8.42 Å². The van der Waals surface area contributed by atoms with Gasteiger partial charge in [0.05, 0.1) is 3.79 Å². The number of aryl methyl sites for hydroxylation is 1. The topological polar surface area (TPSA) is 105 Å². The number of rotatable bonds is 4. The highest BCUT2D eigenvalue weighted by molar-refractivity contribution is 9.11. The van der Waals surface area contributed by atoms with Crippen molar-refractivity contribution in [2.45, 2.75) is 11.8 Å². The second-order valence-electron chi connectivity index (χ2n) is 4.14. The standard InChI is InChI=1S/C12H12BrN3O3S2/c1-7-10(6-11(13)20-7)21(18,19)16-9-4-2-3-8(5-9)12(14)15-17/h2-6,16-17H,1H3,(H2,14,15). The van der Waals surface area contributed by atoms with Crippen LogP contribution in [0, 0.1) is 6.92 Å². The minimum absolute atomic E-state index is 0.0921. The summed E-state index contributed by atoms with van der Waals surface area (Å²) in [4.78, 5) is 0.899. The fraction of sp³-hybridized carbons (Fsp3) is 0.0833. The van der Waals surface area contributed by atoms with Gasteiger partial charge >= 0.3 is 0 Å². The molecule has 4 N–H and O–H groups in total. The number of nitrogens with two attached hydrogens (primary N) is 1. The fourth-order valence-corrected chi connectivity index (χ4v) is 5.17. The first-order valence-electron chi connectivity index (χ1n) is 5.70. The molecule has 0 bridgehead atoms. The highest BCUT2D eigenvalue weighted by atomic mass is 79.9. The average molecular weight is 390 g/mol. The summed E-state index contributed by atoms with van der Waals surface area (Å²) in [5.41, 5.74) is 6.24. The molecule has 0 amide bonds. The fourth-order valence-electron chi connectivity index (χ4n) is 1.71. The molecule has 0 aliphatic carbocycles. The number of hydrogen-bond acceptors (Lipinski definition) is 5. The second-order valence-corrected chi connectivity index (χ2v) is 8.43. The van der Waals surface area contributed by atoms with Crippen molar-refractivity contribution in [1.29, 1.82) is 0 Å². The van der Waals surface area contributed by atoms with Crippen molar-refractivity contribution in [3.63, 3.8) is 0 Å². The predicted octanol–water partition coefficient (Wildman–Crippen LogP) is 2.71. The van der Waals surface area contributed by atoms with Gasteiger partial charge in [0.25, 0.3) is 10.0 Å². The van der Waals surface area contributed by atoms with E-state index in [1.807, 2.05) is 0 Å². The van der Waals surface area contributed by atoms with E-state index in [0.29, 0.717) is 16.1 Å². The van der Waals surface area contributed by atoms with Crippen molar-refractivity contribution < 1.29 is 13.6 Å². The van der Waals surface area contributed by atoms with E-state index in [4.69, 9.17) is 10.9 Å². The van der Waals surface area contributed by atoms with Crippen molar-refractivity contribution in [1.82, 2.24) is 0 Å². The van der Waals surface area contributed by atoms with Gasteiger partial charge in [-0.1, -0.05) is 17.3 Å². The summed E-state index contributed by atoms with van der Waals surface area (Å²) in [5, 5.41) is 11.5. The van der Waals surface area contributed by atoms with Crippen molar-refractivity contribution in [3.05, 3.63) is 44.6 Å². The first-order valence-corrected chi connectivity index (χ1v) is 8.79. The Morgan fingerprint density at radius 1 is 1.43 bits per heavy atom. The maximum absolute atomic E-state index is 12.4. The minimum Gasteiger partial charge on any atom is -0.409 e. The normalized spacial score (nSPS) is 12.4.